The van der Waals surface area contributed by atoms with Crippen molar-refractivity contribution < 1.29 is 14.3 Å². The number of allylic oxidation sites excluding steroid dienone is 3. The van der Waals surface area contributed by atoms with Crippen LogP contribution in [-0.2, 0) is 11.2 Å². The number of carbonyl (C=O) groups is 2. The molecule has 5 heteroatoms. The predicted octanol–water partition coefficient (Wildman–Crippen LogP) is 3.16. The molecule has 144 valence electrons. The first-order valence-electron chi connectivity index (χ1n) is 9.08. The lowest BCUT2D eigenvalue weighted by Crippen LogP contribution is -2.38. The van der Waals surface area contributed by atoms with Gasteiger partial charge in [-0.1, -0.05) is 36.4 Å². The molecule has 2 aromatic rings. The fourth-order valence-corrected chi connectivity index (χ4v) is 3.51. The van der Waals surface area contributed by atoms with E-state index in [-0.39, 0.29) is 5.91 Å². The Morgan fingerprint density at radius 2 is 1.93 bits per heavy atom. The molecule has 0 spiro atoms. The Kier molecular flexibility index (Phi) is 5.36. The molecule has 1 aliphatic rings. The van der Waals surface area contributed by atoms with Crippen LogP contribution in [0.5, 0.6) is 5.75 Å². The number of nitrogens with two attached hydrogens (primary N) is 2. The molecule has 0 saturated carbocycles. The van der Waals surface area contributed by atoms with Gasteiger partial charge in [0.1, 0.15) is 5.75 Å². The zero-order chi connectivity index (χ0) is 20.3. The highest BCUT2D eigenvalue weighted by Gasteiger charge is 2.35. The average molecular weight is 376 g/mol. The van der Waals surface area contributed by atoms with Gasteiger partial charge in [-0.3, -0.25) is 9.59 Å². The van der Waals surface area contributed by atoms with Crippen LogP contribution in [0.2, 0.25) is 0 Å². The number of methoxy groups -OCH3 is 1. The highest BCUT2D eigenvalue weighted by molar-refractivity contribution is 5.95. The summed E-state index contributed by atoms with van der Waals surface area (Å²) in [5.74, 6) is -0.0948. The third kappa shape index (κ3) is 3.83. The van der Waals surface area contributed by atoms with Crippen LogP contribution in [0.1, 0.15) is 33.5 Å². The molecule has 1 atom stereocenters. The summed E-state index contributed by atoms with van der Waals surface area (Å²) in [7, 11) is 1.61. The van der Waals surface area contributed by atoms with Crippen LogP contribution < -0.4 is 16.2 Å². The Hall–Kier alpha value is -3.34. The summed E-state index contributed by atoms with van der Waals surface area (Å²) >= 11 is 0. The molecule has 5 nitrogen and oxygen atoms in total. The van der Waals surface area contributed by atoms with Crippen molar-refractivity contribution in [3.8, 4) is 5.75 Å². The predicted molar refractivity (Wildman–Crippen MR) is 110 cm³/mol. The second kappa shape index (κ2) is 7.72. The number of aryl methyl sites for hydroxylation is 1. The zero-order valence-electron chi connectivity index (χ0n) is 16.1. The molecule has 4 N–H and O–H groups in total. The van der Waals surface area contributed by atoms with Crippen molar-refractivity contribution in [1.82, 2.24) is 0 Å². The molecule has 0 fully saturated rings. The molecular weight excluding hydrogens is 352 g/mol. The SMILES string of the molecule is COc1cccc(CC2(C(N)=O)C=CC(c3cc(C(N)=O)ccc3C)=CC2)c1. The second-order valence-corrected chi connectivity index (χ2v) is 7.14. The van der Waals surface area contributed by atoms with Crippen LogP contribution in [0.15, 0.2) is 60.7 Å². The first-order chi connectivity index (χ1) is 13.3. The number of hydrogen-bond donors (Lipinski definition) is 2. The van der Waals surface area contributed by atoms with Gasteiger partial charge >= 0.3 is 0 Å². The van der Waals surface area contributed by atoms with Crippen molar-refractivity contribution in [3.05, 3.63) is 82.9 Å². The molecule has 0 heterocycles. The number of benzene rings is 2. The Morgan fingerprint density at radius 3 is 2.54 bits per heavy atom. The maximum absolute atomic E-state index is 12.3. The van der Waals surface area contributed by atoms with Gasteiger partial charge in [-0.15, -0.1) is 0 Å². The van der Waals surface area contributed by atoms with Crippen LogP contribution in [-0.4, -0.2) is 18.9 Å². The molecule has 1 unspecified atom stereocenters. The summed E-state index contributed by atoms with van der Waals surface area (Å²) in [4.78, 5) is 23.8. The first kappa shape index (κ1) is 19.4. The van der Waals surface area contributed by atoms with Crippen molar-refractivity contribution in [3.63, 3.8) is 0 Å². The first-order valence-corrected chi connectivity index (χ1v) is 9.08. The van der Waals surface area contributed by atoms with Crippen molar-refractivity contribution in [2.45, 2.75) is 19.8 Å². The van der Waals surface area contributed by atoms with Crippen molar-refractivity contribution in [2.24, 2.45) is 16.9 Å². The molecule has 0 bridgehead atoms. The highest BCUT2D eigenvalue weighted by Crippen LogP contribution is 2.37. The van der Waals surface area contributed by atoms with Crippen LogP contribution in [0.25, 0.3) is 5.57 Å². The topological polar surface area (TPSA) is 95.4 Å². The fourth-order valence-electron chi connectivity index (χ4n) is 3.51. The number of hydrogen-bond acceptors (Lipinski definition) is 3. The Morgan fingerprint density at radius 1 is 1.14 bits per heavy atom. The minimum atomic E-state index is -0.801. The van der Waals surface area contributed by atoms with Gasteiger partial charge in [-0.05, 0) is 66.3 Å². The van der Waals surface area contributed by atoms with Gasteiger partial charge in [0, 0.05) is 5.56 Å². The lowest BCUT2D eigenvalue weighted by molar-refractivity contribution is -0.125. The Labute approximate surface area is 164 Å². The van der Waals surface area contributed by atoms with Gasteiger partial charge in [0.15, 0.2) is 0 Å². The maximum atomic E-state index is 12.3. The quantitative estimate of drug-likeness (QED) is 0.810. The Bertz CT molecular complexity index is 991. The lowest BCUT2D eigenvalue weighted by Gasteiger charge is -2.29. The van der Waals surface area contributed by atoms with E-state index in [2.05, 4.69) is 0 Å². The van der Waals surface area contributed by atoms with Gasteiger partial charge in [0.05, 0.1) is 12.5 Å². The molecule has 0 radical (unpaired) electrons. The van der Waals surface area contributed by atoms with Crippen LogP contribution in [0.4, 0.5) is 0 Å². The summed E-state index contributed by atoms with van der Waals surface area (Å²) in [6.45, 7) is 1.97. The number of rotatable bonds is 6. The van der Waals surface area contributed by atoms with Gasteiger partial charge in [0.2, 0.25) is 11.8 Å². The average Bonchev–Trinajstić information content (AvgIpc) is 2.69. The van der Waals surface area contributed by atoms with E-state index in [4.69, 9.17) is 16.2 Å². The van der Waals surface area contributed by atoms with E-state index in [1.165, 1.54) is 0 Å². The standard InChI is InChI=1S/C23H24N2O3/c1-15-6-7-18(21(24)26)13-20(15)17-8-10-23(11-9-17,22(25)27)14-16-4-3-5-19(12-16)28-2/h3-10,12-13H,11,14H2,1-2H3,(H2,24,26)(H2,25,27). The molecular formula is C23H24N2O3. The van der Waals surface area contributed by atoms with Gasteiger partial charge in [-0.2, -0.15) is 0 Å². The summed E-state index contributed by atoms with van der Waals surface area (Å²) in [6, 6.07) is 13.0. The normalized spacial score (nSPS) is 18.4. The maximum Gasteiger partial charge on any atom is 0.248 e. The fraction of sp³-hybridized carbons (Fsp3) is 0.217. The molecule has 0 aromatic heterocycles. The molecule has 0 saturated heterocycles. The third-order valence-corrected chi connectivity index (χ3v) is 5.25. The molecule has 2 aromatic carbocycles. The number of primary amides is 2. The monoisotopic (exact) mass is 376 g/mol. The summed E-state index contributed by atoms with van der Waals surface area (Å²) in [6.07, 6.45) is 6.74. The van der Waals surface area contributed by atoms with Crippen molar-refractivity contribution in [2.75, 3.05) is 7.11 Å². The molecule has 28 heavy (non-hydrogen) atoms. The number of carbonyl (C=O) groups excluding carboxylic acids is 2. The highest BCUT2D eigenvalue weighted by atomic mass is 16.5. The summed E-state index contributed by atoms with van der Waals surface area (Å²) in [5, 5.41) is 0. The zero-order valence-corrected chi connectivity index (χ0v) is 16.1. The lowest BCUT2D eigenvalue weighted by atomic mass is 9.74. The smallest absolute Gasteiger partial charge is 0.248 e. The van der Waals surface area contributed by atoms with Crippen LogP contribution in [0.3, 0.4) is 0 Å². The molecule has 1 aliphatic carbocycles. The molecule has 0 aliphatic heterocycles. The van der Waals surface area contributed by atoms with E-state index in [0.29, 0.717) is 18.4 Å². The van der Waals surface area contributed by atoms with E-state index in [9.17, 15) is 9.59 Å². The summed E-state index contributed by atoms with van der Waals surface area (Å²) in [5.41, 5.74) is 14.7. The van der Waals surface area contributed by atoms with E-state index >= 15 is 0 Å². The van der Waals surface area contributed by atoms with E-state index in [0.717, 1.165) is 28.0 Å². The third-order valence-electron chi connectivity index (χ3n) is 5.25. The minimum absolute atomic E-state index is 0.371. The molecule has 2 amide bonds. The molecule has 3 rings (SSSR count). The number of amides is 2. The number of ether oxygens (including phenoxy) is 1. The largest absolute Gasteiger partial charge is 0.497 e. The minimum Gasteiger partial charge on any atom is -0.497 e. The van der Waals surface area contributed by atoms with Gasteiger partial charge in [-0.25, -0.2) is 0 Å². The Balaban J connectivity index is 1.91. The summed E-state index contributed by atoms with van der Waals surface area (Å²) < 4.78 is 5.27. The van der Waals surface area contributed by atoms with Crippen molar-refractivity contribution in [1.29, 1.82) is 0 Å². The van der Waals surface area contributed by atoms with Crippen molar-refractivity contribution >= 4 is 17.4 Å². The van der Waals surface area contributed by atoms with Crippen LogP contribution >= 0.6 is 0 Å². The van der Waals surface area contributed by atoms with Gasteiger partial charge in [0.25, 0.3) is 0 Å². The second-order valence-electron chi connectivity index (χ2n) is 7.14. The van der Waals surface area contributed by atoms with Gasteiger partial charge < -0.3 is 16.2 Å². The van der Waals surface area contributed by atoms with E-state index in [1.54, 1.807) is 19.2 Å². The van der Waals surface area contributed by atoms with Crippen LogP contribution in [0, 0.1) is 12.3 Å². The van der Waals surface area contributed by atoms with E-state index in [1.807, 2.05) is 55.5 Å². The van der Waals surface area contributed by atoms with E-state index < -0.39 is 11.3 Å².